The Kier molecular flexibility index (Phi) is 8.13. The molecular formula is C22H30F3N5O4. The van der Waals surface area contributed by atoms with Crippen LogP contribution in [-0.4, -0.2) is 76.9 Å². The maximum absolute atomic E-state index is 10.6. The molecule has 2 aromatic heterocycles. The van der Waals surface area contributed by atoms with Gasteiger partial charge in [0.1, 0.15) is 5.76 Å². The second kappa shape index (κ2) is 10.7. The number of alkyl halides is 3. The molecule has 4 heterocycles. The van der Waals surface area contributed by atoms with E-state index in [0.29, 0.717) is 0 Å². The van der Waals surface area contributed by atoms with Gasteiger partial charge in [0.2, 0.25) is 0 Å². The number of nitrogens with zero attached hydrogens (tertiary/aromatic N) is 5. The number of ether oxygens (including phenoxy) is 1. The fourth-order valence-corrected chi connectivity index (χ4v) is 4.39. The van der Waals surface area contributed by atoms with Crippen LogP contribution < -0.4 is 4.90 Å². The third kappa shape index (κ3) is 6.66. The van der Waals surface area contributed by atoms with Crippen molar-refractivity contribution >= 4 is 11.8 Å². The van der Waals surface area contributed by atoms with Crippen LogP contribution in [0.25, 0.3) is 0 Å². The molecule has 0 saturated carbocycles. The summed E-state index contributed by atoms with van der Waals surface area (Å²) in [4.78, 5) is 13.8. The van der Waals surface area contributed by atoms with Gasteiger partial charge in [0.05, 0.1) is 24.6 Å². The lowest BCUT2D eigenvalue weighted by Crippen LogP contribution is -2.50. The van der Waals surface area contributed by atoms with E-state index in [4.69, 9.17) is 19.2 Å². The van der Waals surface area contributed by atoms with Crippen molar-refractivity contribution in [2.24, 2.45) is 5.41 Å². The number of rotatable bonds is 3. The largest absolute Gasteiger partial charge is 0.490 e. The molecule has 0 aromatic carbocycles. The minimum Gasteiger partial charge on any atom is -0.475 e. The van der Waals surface area contributed by atoms with Gasteiger partial charge in [-0.25, -0.2) is 4.79 Å². The normalized spacial score (nSPS) is 21.6. The molecule has 2 saturated heterocycles. The van der Waals surface area contributed by atoms with Crippen LogP contribution in [0.4, 0.5) is 19.0 Å². The summed E-state index contributed by atoms with van der Waals surface area (Å²) in [5.41, 5.74) is 3.30. The lowest BCUT2D eigenvalue weighted by Gasteiger charge is -2.43. The first-order valence-corrected chi connectivity index (χ1v) is 11.1. The van der Waals surface area contributed by atoms with Crippen LogP contribution in [0.2, 0.25) is 0 Å². The van der Waals surface area contributed by atoms with E-state index < -0.39 is 12.1 Å². The van der Waals surface area contributed by atoms with Crippen molar-refractivity contribution in [1.29, 1.82) is 0 Å². The van der Waals surface area contributed by atoms with Crippen molar-refractivity contribution in [1.82, 2.24) is 20.3 Å². The first-order chi connectivity index (χ1) is 16.0. The van der Waals surface area contributed by atoms with Crippen LogP contribution in [-0.2, 0) is 16.1 Å². The van der Waals surface area contributed by atoms with Gasteiger partial charge in [0.15, 0.2) is 5.82 Å². The van der Waals surface area contributed by atoms with Gasteiger partial charge < -0.3 is 19.3 Å². The van der Waals surface area contributed by atoms with Crippen LogP contribution in [0.1, 0.15) is 35.6 Å². The SMILES string of the molecule is Cc1ccc(N2CCOCC3(CCCN(Cc4c(C)noc4C)C3)C2)nn1.O=C(O)C(F)(F)F. The summed E-state index contributed by atoms with van der Waals surface area (Å²) in [5.74, 6) is -0.874. The molecule has 1 N–H and O–H groups in total. The molecule has 4 rings (SSSR count). The molecule has 9 nitrogen and oxygen atoms in total. The molecule has 2 fully saturated rings. The second-order valence-corrected chi connectivity index (χ2v) is 8.93. The highest BCUT2D eigenvalue weighted by Gasteiger charge is 2.40. The summed E-state index contributed by atoms with van der Waals surface area (Å²) >= 11 is 0. The Morgan fingerprint density at radius 2 is 1.91 bits per heavy atom. The molecule has 2 aliphatic heterocycles. The van der Waals surface area contributed by atoms with E-state index in [2.05, 4.69) is 31.2 Å². The van der Waals surface area contributed by atoms with Crippen molar-refractivity contribution in [3.63, 3.8) is 0 Å². The molecule has 1 spiro atoms. The summed E-state index contributed by atoms with van der Waals surface area (Å²) in [5, 5.41) is 19.9. The Balaban J connectivity index is 0.000000406. The highest BCUT2D eigenvalue weighted by molar-refractivity contribution is 5.73. The third-order valence-corrected chi connectivity index (χ3v) is 6.09. The summed E-state index contributed by atoms with van der Waals surface area (Å²) in [6.45, 7) is 12.4. The van der Waals surface area contributed by atoms with E-state index in [9.17, 15) is 13.2 Å². The van der Waals surface area contributed by atoms with Crippen molar-refractivity contribution in [3.8, 4) is 0 Å². The number of carbonyl (C=O) groups is 1. The summed E-state index contributed by atoms with van der Waals surface area (Å²) < 4.78 is 43.1. The van der Waals surface area contributed by atoms with E-state index >= 15 is 0 Å². The quantitative estimate of drug-likeness (QED) is 0.702. The van der Waals surface area contributed by atoms with Crippen LogP contribution in [0.5, 0.6) is 0 Å². The molecule has 188 valence electrons. The number of hydrogen-bond donors (Lipinski definition) is 1. The molecule has 2 aromatic rings. The molecule has 0 aliphatic carbocycles. The van der Waals surface area contributed by atoms with E-state index in [1.165, 1.54) is 18.4 Å². The molecule has 2 aliphatic rings. The Hall–Kier alpha value is -2.73. The number of aromatic nitrogens is 3. The number of carboxylic acids is 1. The fourth-order valence-electron chi connectivity index (χ4n) is 4.39. The molecule has 0 amide bonds. The fraction of sp³-hybridized carbons (Fsp3) is 0.636. The van der Waals surface area contributed by atoms with Crippen LogP contribution in [0, 0.1) is 26.2 Å². The Bertz CT molecular complexity index is 947. The molecular weight excluding hydrogens is 455 g/mol. The standard InChI is InChI=1S/C20H29N5O2.C2HF3O2/c1-15-5-6-19(22-21-15)25-9-10-26-14-20(13-25)7-4-8-24(12-20)11-18-16(2)23-27-17(18)3;3-2(4,5)1(6)7/h5-6H,4,7-14H2,1-3H3;(H,6,7). The molecule has 0 radical (unpaired) electrons. The number of anilines is 1. The maximum atomic E-state index is 10.6. The van der Waals surface area contributed by atoms with Gasteiger partial charge in [-0.1, -0.05) is 5.16 Å². The lowest BCUT2D eigenvalue weighted by atomic mass is 9.80. The Morgan fingerprint density at radius 1 is 1.18 bits per heavy atom. The van der Waals surface area contributed by atoms with Gasteiger partial charge in [0.25, 0.3) is 0 Å². The van der Waals surface area contributed by atoms with Gasteiger partial charge in [-0.2, -0.15) is 18.3 Å². The first kappa shape index (κ1) is 25.9. The van der Waals surface area contributed by atoms with Crippen LogP contribution in [0.3, 0.4) is 0 Å². The number of carboxylic acid groups (broad SMARTS) is 1. The molecule has 34 heavy (non-hydrogen) atoms. The van der Waals surface area contributed by atoms with Crippen molar-refractivity contribution in [2.75, 3.05) is 44.3 Å². The number of piperidine rings is 1. The molecule has 0 bridgehead atoms. The monoisotopic (exact) mass is 485 g/mol. The zero-order chi connectivity index (χ0) is 24.9. The smallest absolute Gasteiger partial charge is 0.475 e. The predicted octanol–water partition coefficient (Wildman–Crippen LogP) is 3.14. The predicted molar refractivity (Wildman–Crippen MR) is 116 cm³/mol. The van der Waals surface area contributed by atoms with Gasteiger partial charge in [-0.3, -0.25) is 4.90 Å². The second-order valence-electron chi connectivity index (χ2n) is 8.93. The Morgan fingerprint density at radius 3 is 2.50 bits per heavy atom. The molecule has 1 unspecified atom stereocenters. The topological polar surface area (TPSA) is 105 Å². The summed E-state index contributed by atoms with van der Waals surface area (Å²) in [6, 6.07) is 4.11. The first-order valence-electron chi connectivity index (χ1n) is 11.1. The van der Waals surface area contributed by atoms with Crippen molar-refractivity contribution in [3.05, 3.63) is 34.8 Å². The Labute approximate surface area is 195 Å². The van der Waals surface area contributed by atoms with E-state index in [1.807, 2.05) is 26.8 Å². The average molecular weight is 486 g/mol. The zero-order valence-corrected chi connectivity index (χ0v) is 19.6. The number of likely N-dealkylation sites (tertiary alicyclic amines) is 1. The number of aryl methyl sites for hydroxylation is 3. The van der Waals surface area contributed by atoms with E-state index in [0.717, 1.165) is 68.9 Å². The van der Waals surface area contributed by atoms with Crippen molar-refractivity contribution < 1.29 is 32.3 Å². The van der Waals surface area contributed by atoms with Gasteiger partial charge in [-0.05, 0) is 52.3 Å². The van der Waals surface area contributed by atoms with Gasteiger partial charge in [-0.15, -0.1) is 5.10 Å². The molecule has 1 atom stereocenters. The van der Waals surface area contributed by atoms with Crippen molar-refractivity contribution in [2.45, 2.75) is 46.3 Å². The summed E-state index contributed by atoms with van der Waals surface area (Å²) in [7, 11) is 0. The number of aliphatic carboxylic acids is 1. The maximum Gasteiger partial charge on any atom is 0.490 e. The molecule has 12 heteroatoms. The minimum absolute atomic E-state index is 0.125. The van der Waals surface area contributed by atoms with Gasteiger partial charge in [0, 0.05) is 37.2 Å². The third-order valence-electron chi connectivity index (χ3n) is 6.09. The van der Waals surface area contributed by atoms with Crippen LogP contribution >= 0.6 is 0 Å². The lowest BCUT2D eigenvalue weighted by molar-refractivity contribution is -0.192. The van der Waals surface area contributed by atoms with E-state index in [1.54, 1.807) is 0 Å². The highest BCUT2D eigenvalue weighted by Crippen LogP contribution is 2.35. The highest BCUT2D eigenvalue weighted by atomic mass is 19.4. The average Bonchev–Trinajstić information content (AvgIpc) is 2.96. The minimum atomic E-state index is -5.08. The van der Waals surface area contributed by atoms with Crippen LogP contribution in [0.15, 0.2) is 16.7 Å². The van der Waals surface area contributed by atoms with Gasteiger partial charge >= 0.3 is 12.1 Å². The zero-order valence-electron chi connectivity index (χ0n) is 19.6. The summed E-state index contributed by atoms with van der Waals surface area (Å²) in [6.07, 6.45) is -2.72. The number of halogens is 3. The number of hydrogen-bond acceptors (Lipinski definition) is 8. The van der Waals surface area contributed by atoms with E-state index in [-0.39, 0.29) is 5.41 Å².